The Balaban J connectivity index is 2.17. The van der Waals surface area contributed by atoms with Gasteiger partial charge in [0.1, 0.15) is 11.9 Å². The zero-order valence-electron chi connectivity index (χ0n) is 10.9. The van der Waals surface area contributed by atoms with Crippen molar-refractivity contribution in [2.45, 2.75) is 25.3 Å². The number of aliphatic carboxylic acids is 1. The summed E-state index contributed by atoms with van der Waals surface area (Å²) < 4.78 is 39.3. The van der Waals surface area contributed by atoms with Crippen LogP contribution in [0.2, 0.25) is 0 Å². The first-order chi connectivity index (χ1) is 9.90. The number of nitrogens with zero attached hydrogens (tertiary/aromatic N) is 1. The Morgan fingerprint density at radius 2 is 1.81 bits per heavy atom. The Morgan fingerprint density at radius 3 is 2.48 bits per heavy atom. The highest BCUT2D eigenvalue weighted by molar-refractivity contribution is 5.92. The van der Waals surface area contributed by atoms with Crippen LogP contribution in [0.4, 0.5) is 23.7 Å². The van der Waals surface area contributed by atoms with Gasteiger partial charge in [0.15, 0.2) is 11.6 Å². The van der Waals surface area contributed by atoms with Crippen molar-refractivity contribution in [1.29, 1.82) is 0 Å². The van der Waals surface area contributed by atoms with E-state index in [-0.39, 0.29) is 6.54 Å². The molecule has 1 heterocycles. The molecule has 0 bridgehead atoms. The molecule has 1 aromatic rings. The number of halogens is 3. The van der Waals surface area contributed by atoms with Gasteiger partial charge in [0.25, 0.3) is 0 Å². The first-order valence-electron chi connectivity index (χ1n) is 6.35. The number of rotatable bonds is 2. The average molecular weight is 302 g/mol. The second-order valence-corrected chi connectivity index (χ2v) is 4.72. The lowest BCUT2D eigenvalue weighted by Gasteiger charge is -2.32. The van der Waals surface area contributed by atoms with E-state index < -0.39 is 41.2 Å². The Bertz CT molecular complexity index is 580. The third kappa shape index (κ3) is 3.26. The Kier molecular flexibility index (Phi) is 4.35. The summed E-state index contributed by atoms with van der Waals surface area (Å²) in [6, 6.07) is -1.03. The van der Waals surface area contributed by atoms with Crippen molar-refractivity contribution in [2.75, 3.05) is 11.9 Å². The van der Waals surface area contributed by atoms with Crippen LogP contribution in [0.25, 0.3) is 0 Å². The molecule has 1 fully saturated rings. The van der Waals surface area contributed by atoms with Crippen molar-refractivity contribution in [3.63, 3.8) is 0 Å². The van der Waals surface area contributed by atoms with Crippen LogP contribution in [0, 0.1) is 17.5 Å². The highest BCUT2D eigenvalue weighted by Gasteiger charge is 2.32. The molecule has 1 aliphatic heterocycles. The van der Waals surface area contributed by atoms with E-state index in [4.69, 9.17) is 5.11 Å². The van der Waals surface area contributed by atoms with Crippen LogP contribution in [0.15, 0.2) is 12.1 Å². The van der Waals surface area contributed by atoms with Gasteiger partial charge in [-0.1, -0.05) is 0 Å². The number of amides is 2. The van der Waals surface area contributed by atoms with Crippen molar-refractivity contribution in [3.05, 3.63) is 29.6 Å². The lowest BCUT2D eigenvalue weighted by atomic mass is 10.0. The lowest BCUT2D eigenvalue weighted by molar-refractivity contribution is -0.143. The van der Waals surface area contributed by atoms with E-state index in [1.807, 2.05) is 0 Å². The molecule has 2 N–H and O–H groups in total. The number of anilines is 1. The number of hydrogen-bond donors (Lipinski definition) is 2. The molecule has 0 radical (unpaired) electrons. The van der Waals surface area contributed by atoms with Crippen LogP contribution >= 0.6 is 0 Å². The summed E-state index contributed by atoms with van der Waals surface area (Å²) in [6.45, 7) is 0.202. The quantitative estimate of drug-likeness (QED) is 0.825. The van der Waals surface area contributed by atoms with Gasteiger partial charge < -0.3 is 15.3 Å². The van der Waals surface area contributed by atoms with E-state index in [1.165, 1.54) is 0 Å². The maximum Gasteiger partial charge on any atom is 0.326 e. The molecule has 21 heavy (non-hydrogen) atoms. The number of hydrogen-bond acceptors (Lipinski definition) is 2. The zero-order chi connectivity index (χ0) is 15.6. The molecule has 8 heteroatoms. The van der Waals surface area contributed by atoms with E-state index in [1.54, 1.807) is 0 Å². The Hall–Kier alpha value is -2.25. The molecule has 0 aliphatic carbocycles. The van der Waals surface area contributed by atoms with E-state index in [2.05, 4.69) is 5.32 Å². The molecule has 1 aromatic carbocycles. The third-order valence-electron chi connectivity index (χ3n) is 3.30. The average Bonchev–Trinajstić information content (AvgIpc) is 2.44. The standard InChI is InChI=1S/C13H13F3N2O3/c14-7-5-9(16)10(6-8(7)15)17-13(21)18-4-2-1-3-11(18)12(19)20/h5-6,11H,1-4H2,(H,17,21)(H,19,20). The van der Waals surface area contributed by atoms with Gasteiger partial charge in [-0.3, -0.25) is 0 Å². The summed E-state index contributed by atoms with van der Waals surface area (Å²) >= 11 is 0. The van der Waals surface area contributed by atoms with E-state index in [9.17, 15) is 22.8 Å². The highest BCUT2D eigenvalue weighted by Crippen LogP contribution is 2.22. The molecule has 5 nitrogen and oxygen atoms in total. The van der Waals surface area contributed by atoms with Crippen molar-refractivity contribution in [1.82, 2.24) is 4.90 Å². The summed E-state index contributed by atoms with van der Waals surface area (Å²) in [6.07, 6.45) is 1.58. The van der Waals surface area contributed by atoms with E-state index in [0.717, 1.165) is 4.90 Å². The van der Waals surface area contributed by atoms with Gasteiger partial charge in [-0.2, -0.15) is 0 Å². The lowest BCUT2D eigenvalue weighted by Crippen LogP contribution is -2.49. The molecule has 0 spiro atoms. The van der Waals surface area contributed by atoms with Crippen LogP contribution in [0.5, 0.6) is 0 Å². The molecular formula is C13H13F3N2O3. The van der Waals surface area contributed by atoms with Gasteiger partial charge in [0.05, 0.1) is 5.69 Å². The minimum atomic E-state index is -1.37. The predicted octanol–water partition coefficient (Wildman–Crippen LogP) is 2.57. The normalized spacial score (nSPS) is 18.4. The molecule has 2 rings (SSSR count). The molecular weight excluding hydrogens is 289 g/mol. The Morgan fingerprint density at radius 1 is 1.14 bits per heavy atom. The minimum Gasteiger partial charge on any atom is -0.480 e. The fraction of sp³-hybridized carbons (Fsp3) is 0.385. The monoisotopic (exact) mass is 302 g/mol. The Labute approximate surface area is 118 Å². The van der Waals surface area contributed by atoms with Crippen molar-refractivity contribution < 1.29 is 27.9 Å². The molecule has 114 valence electrons. The SMILES string of the molecule is O=C(O)C1CCCCN1C(=O)Nc1cc(F)c(F)cc1F. The molecule has 1 saturated heterocycles. The topological polar surface area (TPSA) is 69.6 Å². The fourth-order valence-electron chi connectivity index (χ4n) is 2.24. The van der Waals surface area contributed by atoms with Crippen LogP contribution in [-0.2, 0) is 4.79 Å². The summed E-state index contributed by atoms with van der Waals surface area (Å²) in [4.78, 5) is 24.1. The van der Waals surface area contributed by atoms with Gasteiger partial charge in [0, 0.05) is 18.7 Å². The van der Waals surface area contributed by atoms with Gasteiger partial charge in [-0.15, -0.1) is 0 Å². The van der Waals surface area contributed by atoms with Crippen LogP contribution in [0.3, 0.4) is 0 Å². The number of nitrogens with one attached hydrogen (secondary N) is 1. The molecule has 2 amide bonds. The number of piperidine rings is 1. The number of likely N-dealkylation sites (tertiary alicyclic amines) is 1. The number of carboxylic acids is 1. The second kappa shape index (κ2) is 6.02. The summed E-state index contributed by atoms with van der Waals surface area (Å²) in [5.74, 6) is -4.96. The van der Waals surface area contributed by atoms with Crippen LogP contribution in [0.1, 0.15) is 19.3 Å². The smallest absolute Gasteiger partial charge is 0.326 e. The van der Waals surface area contributed by atoms with Crippen LogP contribution < -0.4 is 5.32 Å². The molecule has 1 unspecified atom stereocenters. The number of carbonyl (C=O) groups excluding carboxylic acids is 1. The third-order valence-corrected chi connectivity index (χ3v) is 3.30. The van der Waals surface area contributed by atoms with Crippen molar-refractivity contribution in [3.8, 4) is 0 Å². The van der Waals surface area contributed by atoms with E-state index >= 15 is 0 Å². The van der Waals surface area contributed by atoms with Gasteiger partial charge in [0.2, 0.25) is 0 Å². The van der Waals surface area contributed by atoms with Gasteiger partial charge in [-0.25, -0.2) is 22.8 Å². The zero-order valence-corrected chi connectivity index (χ0v) is 10.9. The second-order valence-electron chi connectivity index (χ2n) is 4.72. The van der Waals surface area contributed by atoms with Crippen LogP contribution in [-0.4, -0.2) is 34.6 Å². The molecule has 0 aromatic heterocycles. The maximum absolute atomic E-state index is 13.5. The van der Waals surface area contributed by atoms with Crippen molar-refractivity contribution in [2.24, 2.45) is 0 Å². The summed E-state index contributed by atoms with van der Waals surface area (Å²) in [5.41, 5.74) is -0.534. The maximum atomic E-state index is 13.5. The molecule has 1 aliphatic rings. The first-order valence-corrected chi connectivity index (χ1v) is 6.35. The molecule has 1 atom stereocenters. The number of carboxylic acid groups (broad SMARTS) is 1. The highest BCUT2D eigenvalue weighted by atomic mass is 19.2. The number of urea groups is 1. The van der Waals surface area contributed by atoms with Gasteiger partial charge in [-0.05, 0) is 19.3 Å². The largest absolute Gasteiger partial charge is 0.480 e. The summed E-state index contributed by atoms with van der Waals surface area (Å²) in [5, 5.41) is 11.1. The number of carbonyl (C=O) groups is 2. The number of benzene rings is 1. The molecule has 0 saturated carbocycles. The minimum absolute atomic E-state index is 0.202. The summed E-state index contributed by atoms with van der Waals surface area (Å²) in [7, 11) is 0. The fourth-order valence-corrected chi connectivity index (χ4v) is 2.24. The van der Waals surface area contributed by atoms with Crippen molar-refractivity contribution >= 4 is 17.7 Å². The van der Waals surface area contributed by atoms with Gasteiger partial charge >= 0.3 is 12.0 Å². The van der Waals surface area contributed by atoms with E-state index in [0.29, 0.717) is 31.4 Å². The predicted molar refractivity (Wildman–Crippen MR) is 67.3 cm³/mol. The first kappa shape index (κ1) is 15.1.